The molecule has 0 aromatic carbocycles. The monoisotopic (exact) mass is 247 g/mol. The second kappa shape index (κ2) is 4.37. The Labute approximate surface area is 98.4 Å². The maximum atomic E-state index is 5.86. The Balaban J connectivity index is 2.27. The van der Waals surface area contributed by atoms with Crippen molar-refractivity contribution < 1.29 is 9.47 Å². The highest BCUT2D eigenvalue weighted by Gasteiger charge is 2.38. The average molecular weight is 248 g/mol. The molecular formula is C10H14ClNO2S. The number of aromatic nitrogens is 1. The molecule has 0 N–H and O–H groups in total. The van der Waals surface area contributed by atoms with Crippen molar-refractivity contribution in [3.05, 3.63) is 15.5 Å². The minimum Gasteiger partial charge on any atom is -0.378 e. The van der Waals surface area contributed by atoms with Crippen LogP contribution in [0.3, 0.4) is 0 Å². The number of methoxy groups -OCH3 is 1. The SMILES string of the molecule is CO[C@]1(c2cnc(Cl)s2)CCO[C@@H](C)C1. The highest BCUT2D eigenvalue weighted by Crippen LogP contribution is 2.41. The lowest BCUT2D eigenvalue weighted by Crippen LogP contribution is -2.38. The normalized spacial score (nSPS) is 31.8. The van der Waals surface area contributed by atoms with E-state index in [0.29, 0.717) is 4.47 Å². The lowest BCUT2D eigenvalue weighted by molar-refractivity contribution is -0.120. The molecule has 0 aliphatic carbocycles. The van der Waals surface area contributed by atoms with Gasteiger partial charge in [0.25, 0.3) is 0 Å². The Kier molecular flexibility index (Phi) is 3.30. The van der Waals surface area contributed by atoms with E-state index in [0.717, 1.165) is 24.3 Å². The molecule has 1 aromatic rings. The summed E-state index contributed by atoms with van der Waals surface area (Å²) in [6, 6.07) is 0. The number of hydrogen-bond donors (Lipinski definition) is 0. The van der Waals surface area contributed by atoms with Crippen LogP contribution in [-0.2, 0) is 15.1 Å². The molecule has 5 heteroatoms. The van der Waals surface area contributed by atoms with Crippen LogP contribution < -0.4 is 0 Å². The van der Waals surface area contributed by atoms with Crippen LogP contribution in [0.15, 0.2) is 6.20 Å². The molecule has 1 aromatic heterocycles. The lowest BCUT2D eigenvalue weighted by Gasteiger charge is -2.37. The first-order valence-corrected chi connectivity index (χ1v) is 6.14. The van der Waals surface area contributed by atoms with Gasteiger partial charge in [-0.05, 0) is 6.92 Å². The third kappa shape index (κ3) is 2.18. The molecule has 1 aliphatic rings. The molecule has 0 amide bonds. The van der Waals surface area contributed by atoms with Crippen LogP contribution >= 0.6 is 22.9 Å². The molecule has 0 radical (unpaired) electrons. The van der Waals surface area contributed by atoms with Crippen LogP contribution in [-0.4, -0.2) is 24.8 Å². The number of thiazole rings is 1. The molecule has 84 valence electrons. The third-order valence-corrected chi connectivity index (χ3v) is 4.14. The van der Waals surface area contributed by atoms with E-state index < -0.39 is 0 Å². The van der Waals surface area contributed by atoms with Gasteiger partial charge >= 0.3 is 0 Å². The van der Waals surface area contributed by atoms with Crippen molar-refractivity contribution in [3.8, 4) is 0 Å². The topological polar surface area (TPSA) is 31.4 Å². The molecule has 3 nitrogen and oxygen atoms in total. The van der Waals surface area contributed by atoms with E-state index in [-0.39, 0.29) is 11.7 Å². The fourth-order valence-electron chi connectivity index (χ4n) is 2.02. The van der Waals surface area contributed by atoms with E-state index in [1.807, 2.05) is 6.20 Å². The van der Waals surface area contributed by atoms with Crippen molar-refractivity contribution in [2.24, 2.45) is 0 Å². The van der Waals surface area contributed by atoms with Crippen LogP contribution in [0.2, 0.25) is 4.47 Å². The Bertz CT molecular complexity index is 344. The van der Waals surface area contributed by atoms with E-state index >= 15 is 0 Å². The molecule has 15 heavy (non-hydrogen) atoms. The largest absolute Gasteiger partial charge is 0.378 e. The first-order valence-electron chi connectivity index (χ1n) is 4.95. The minimum absolute atomic E-state index is 0.222. The van der Waals surface area contributed by atoms with E-state index in [1.165, 1.54) is 11.3 Å². The predicted octanol–water partition coefficient (Wildman–Crippen LogP) is 2.84. The molecule has 2 rings (SSSR count). The summed E-state index contributed by atoms with van der Waals surface area (Å²) >= 11 is 7.35. The molecule has 2 heterocycles. The predicted molar refractivity (Wildman–Crippen MR) is 60.5 cm³/mol. The zero-order valence-corrected chi connectivity index (χ0v) is 10.4. The van der Waals surface area contributed by atoms with Gasteiger partial charge in [0.15, 0.2) is 4.47 Å². The van der Waals surface area contributed by atoms with Gasteiger partial charge < -0.3 is 9.47 Å². The summed E-state index contributed by atoms with van der Waals surface area (Å²) in [7, 11) is 1.74. The molecule has 0 saturated carbocycles. The number of rotatable bonds is 2. The second-order valence-corrected chi connectivity index (χ2v) is 5.42. The summed E-state index contributed by atoms with van der Waals surface area (Å²) in [4.78, 5) is 5.17. The van der Waals surface area contributed by atoms with Gasteiger partial charge in [0.1, 0.15) is 5.60 Å². The van der Waals surface area contributed by atoms with Crippen molar-refractivity contribution in [3.63, 3.8) is 0 Å². The number of hydrogen-bond acceptors (Lipinski definition) is 4. The first-order chi connectivity index (χ1) is 7.16. The molecule has 0 spiro atoms. The maximum absolute atomic E-state index is 5.86. The molecule has 0 unspecified atom stereocenters. The summed E-state index contributed by atoms with van der Waals surface area (Å²) in [5.74, 6) is 0. The van der Waals surface area contributed by atoms with Gasteiger partial charge in [0.2, 0.25) is 0 Å². The summed E-state index contributed by atoms with van der Waals surface area (Å²) < 4.78 is 11.8. The summed E-state index contributed by atoms with van der Waals surface area (Å²) in [6.45, 7) is 2.79. The van der Waals surface area contributed by atoms with Crippen molar-refractivity contribution >= 4 is 22.9 Å². The van der Waals surface area contributed by atoms with Crippen LogP contribution in [0.4, 0.5) is 0 Å². The lowest BCUT2D eigenvalue weighted by atomic mass is 9.89. The molecule has 0 bridgehead atoms. The van der Waals surface area contributed by atoms with Crippen molar-refractivity contribution in [1.29, 1.82) is 0 Å². The summed E-state index contributed by atoms with van der Waals surface area (Å²) in [5.41, 5.74) is -0.248. The van der Waals surface area contributed by atoms with E-state index in [4.69, 9.17) is 21.1 Å². The van der Waals surface area contributed by atoms with E-state index in [9.17, 15) is 0 Å². The van der Waals surface area contributed by atoms with Gasteiger partial charge in [-0.2, -0.15) is 0 Å². The van der Waals surface area contributed by atoms with E-state index in [1.54, 1.807) is 7.11 Å². The number of ether oxygens (including phenoxy) is 2. The Morgan fingerprint density at radius 3 is 3.07 bits per heavy atom. The third-order valence-electron chi connectivity index (χ3n) is 2.84. The Hall–Kier alpha value is -0.160. The fraction of sp³-hybridized carbons (Fsp3) is 0.700. The highest BCUT2D eigenvalue weighted by atomic mass is 35.5. The smallest absolute Gasteiger partial charge is 0.183 e. The van der Waals surface area contributed by atoms with Crippen LogP contribution in [0, 0.1) is 0 Å². The fourth-order valence-corrected chi connectivity index (χ4v) is 3.17. The zero-order valence-electron chi connectivity index (χ0n) is 8.83. The quantitative estimate of drug-likeness (QED) is 0.805. The highest BCUT2D eigenvalue weighted by molar-refractivity contribution is 7.15. The van der Waals surface area contributed by atoms with Gasteiger partial charge in [-0.1, -0.05) is 11.6 Å². The van der Waals surface area contributed by atoms with Gasteiger partial charge in [-0.15, -0.1) is 11.3 Å². The van der Waals surface area contributed by atoms with Crippen molar-refractivity contribution in [2.75, 3.05) is 13.7 Å². The zero-order chi connectivity index (χ0) is 10.9. The van der Waals surface area contributed by atoms with Gasteiger partial charge in [-0.25, -0.2) is 4.98 Å². The number of halogens is 1. The van der Waals surface area contributed by atoms with Gasteiger partial charge in [-0.3, -0.25) is 0 Å². The van der Waals surface area contributed by atoms with Gasteiger partial charge in [0, 0.05) is 26.1 Å². The van der Waals surface area contributed by atoms with Crippen LogP contribution in [0.25, 0.3) is 0 Å². The van der Waals surface area contributed by atoms with Crippen LogP contribution in [0.1, 0.15) is 24.6 Å². The molecule has 1 fully saturated rings. The van der Waals surface area contributed by atoms with Crippen molar-refractivity contribution in [2.45, 2.75) is 31.5 Å². The summed E-state index contributed by atoms with van der Waals surface area (Å²) in [5, 5.41) is 0. The van der Waals surface area contributed by atoms with Crippen molar-refractivity contribution in [1.82, 2.24) is 4.98 Å². The van der Waals surface area contributed by atoms with Crippen LogP contribution in [0.5, 0.6) is 0 Å². The first kappa shape index (κ1) is 11.3. The minimum atomic E-state index is -0.248. The maximum Gasteiger partial charge on any atom is 0.183 e. The standard InChI is InChI=1S/C10H14ClNO2S/c1-7-5-10(13-2,3-4-14-7)8-6-12-9(11)15-8/h6-7H,3-5H2,1-2H3/t7-,10+/m0/s1. The molecule has 1 aliphatic heterocycles. The summed E-state index contributed by atoms with van der Waals surface area (Å²) in [6.07, 6.45) is 3.77. The second-order valence-electron chi connectivity index (χ2n) is 3.81. The molecular weight excluding hydrogens is 234 g/mol. The molecule has 1 saturated heterocycles. The van der Waals surface area contributed by atoms with E-state index in [2.05, 4.69) is 11.9 Å². The molecule has 2 atom stereocenters. The Morgan fingerprint density at radius 2 is 2.53 bits per heavy atom. The number of nitrogens with zero attached hydrogens (tertiary/aromatic N) is 1. The average Bonchev–Trinajstić information content (AvgIpc) is 2.65. The Morgan fingerprint density at radius 1 is 1.73 bits per heavy atom. The van der Waals surface area contributed by atoms with Gasteiger partial charge in [0.05, 0.1) is 17.6 Å².